The normalized spacial score (nSPS) is 14.2. The number of halogens is 2. The monoisotopic (exact) mass is 484 g/mol. The quantitative estimate of drug-likeness (QED) is 0.477. The number of aryl methyl sites for hydroxylation is 2. The molecule has 3 aromatic rings. The lowest BCUT2D eigenvalue weighted by atomic mass is 9.94. The molecule has 1 amide bonds. The van der Waals surface area contributed by atoms with E-state index in [9.17, 15) is 9.90 Å². The summed E-state index contributed by atoms with van der Waals surface area (Å²) >= 11 is 13.0. The van der Waals surface area contributed by atoms with Crippen LogP contribution in [0.25, 0.3) is 0 Å². The number of aromatic nitrogens is 1. The van der Waals surface area contributed by atoms with Gasteiger partial charge in [0.1, 0.15) is 6.61 Å². The molecule has 1 atom stereocenters. The third-order valence-electron chi connectivity index (χ3n) is 5.93. The van der Waals surface area contributed by atoms with Gasteiger partial charge in [0, 0.05) is 28.4 Å². The number of pyridine rings is 1. The Bertz CT molecular complexity index is 1200. The number of carbonyl (C=O) groups is 1. The number of carbonyl (C=O) groups excluding carboxylic acids is 1. The van der Waals surface area contributed by atoms with E-state index in [1.54, 1.807) is 17.9 Å². The minimum absolute atomic E-state index is 0.209. The summed E-state index contributed by atoms with van der Waals surface area (Å²) in [6.45, 7) is 6.76. The lowest BCUT2D eigenvalue weighted by Crippen LogP contribution is -2.38. The van der Waals surface area contributed by atoms with Gasteiger partial charge in [0.2, 0.25) is 5.88 Å². The number of aliphatic hydroxyl groups excluding tert-OH is 1. The molecule has 0 saturated carbocycles. The maximum atomic E-state index is 13.5. The van der Waals surface area contributed by atoms with Crippen molar-refractivity contribution < 1.29 is 14.6 Å². The average molecular weight is 485 g/mol. The molecule has 33 heavy (non-hydrogen) atoms. The highest BCUT2D eigenvalue weighted by Crippen LogP contribution is 2.38. The fraction of sp³-hybridized carbons (Fsp3) is 0.308. The molecule has 0 radical (unpaired) electrons. The lowest BCUT2D eigenvalue weighted by Gasteiger charge is -2.31. The summed E-state index contributed by atoms with van der Waals surface area (Å²) < 4.78 is 6.10. The summed E-state index contributed by atoms with van der Waals surface area (Å²) in [4.78, 5) is 19.8. The highest BCUT2D eigenvalue weighted by molar-refractivity contribution is 6.37. The standard InChI is InChI=1S/C26H26Cl2N2O3/c1-15-11-16(2)29-25(33-14-18-7-5-4-6-8-18)21(15)13-30-10-9-19-22(27)12-20(17(3)31)24(28)23(19)26(30)32/h4-8,11-12,17,31H,9-10,13-14H2,1-3H3. The minimum Gasteiger partial charge on any atom is -0.473 e. The van der Waals surface area contributed by atoms with Gasteiger partial charge in [0.25, 0.3) is 5.91 Å². The molecule has 0 aliphatic carbocycles. The number of benzene rings is 2. The number of nitrogens with zero attached hydrogens (tertiary/aromatic N) is 2. The number of hydrogen-bond acceptors (Lipinski definition) is 4. The fourth-order valence-electron chi connectivity index (χ4n) is 4.17. The number of rotatable bonds is 6. The van der Waals surface area contributed by atoms with Crippen LogP contribution in [0.2, 0.25) is 10.0 Å². The predicted octanol–water partition coefficient (Wildman–Crippen LogP) is 5.84. The minimum atomic E-state index is -0.829. The lowest BCUT2D eigenvalue weighted by molar-refractivity contribution is 0.0724. The number of hydrogen-bond donors (Lipinski definition) is 1. The van der Waals surface area contributed by atoms with E-state index in [-0.39, 0.29) is 10.9 Å². The third-order valence-corrected chi connectivity index (χ3v) is 6.68. The van der Waals surface area contributed by atoms with Crippen molar-refractivity contribution in [1.82, 2.24) is 9.88 Å². The van der Waals surface area contributed by atoms with E-state index in [4.69, 9.17) is 27.9 Å². The maximum absolute atomic E-state index is 13.5. The fourth-order valence-corrected chi connectivity index (χ4v) is 4.88. The Morgan fingerprint density at radius 1 is 1.18 bits per heavy atom. The van der Waals surface area contributed by atoms with Gasteiger partial charge in [-0.05, 0) is 56.0 Å². The van der Waals surface area contributed by atoms with E-state index in [1.807, 2.05) is 50.2 Å². The van der Waals surface area contributed by atoms with Crippen molar-refractivity contribution in [3.63, 3.8) is 0 Å². The second kappa shape index (κ2) is 9.72. The van der Waals surface area contributed by atoms with Crippen LogP contribution >= 0.6 is 23.2 Å². The van der Waals surface area contributed by atoms with Gasteiger partial charge >= 0.3 is 0 Å². The smallest absolute Gasteiger partial charge is 0.256 e. The van der Waals surface area contributed by atoms with Gasteiger partial charge in [-0.2, -0.15) is 0 Å². The Morgan fingerprint density at radius 2 is 1.91 bits per heavy atom. The molecule has 0 spiro atoms. The summed E-state index contributed by atoms with van der Waals surface area (Å²) in [6.07, 6.45) is -0.247. The maximum Gasteiger partial charge on any atom is 0.256 e. The van der Waals surface area contributed by atoms with Crippen molar-refractivity contribution in [2.45, 2.75) is 46.4 Å². The van der Waals surface area contributed by atoms with Crippen LogP contribution in [0.1, 0.15) is 56.9 Å². The number of amides is 1. The van der Waals surface area contributed by atoms with Crippen LogP contribution in [0.5, 0.6) is 5.88 Å². The molecule has 1 aliphatic heterocycles. The van der Waals surface area contributed by atoms with E-state index < -0.39 is 6.10 Å². The second-order valence-corrected chi connectivity index (χ2v) is 9.19. The summed E-state index contributed by atoms with van der Waals surface area (Å²) in [5, 5.41) is 10.8. The van der Waals surface area contributed by atoms with Crippen LogP contribution in [-0.2, 0) is 19.6 Å². The molecule has 1 aromatic heterocycles. The van der Waals surface area contributed by atoms with Crippen molar-refractivity contribution in [2.75, 3.05) is 6.54 Å². The molecule has 0 fully saturated rings. The first-order valence-electron chi connectivity index (χ1n) is 10.9. The zero-order valence-corrected chi connectivity index (χ0v) is 20.4. The first kappa shape index (κ1) is 23.6. The molecule has 0 saturated heterocycles. The number of ether oxygens (including phenoxy) is 1. The Kier molecular flexibility index (Phi) is 6.94. The molecule has 1 unspecified atom stereocenters. The van der Waals surface area contributed by atoms with Crippen molar-refractivity contribution in [1.29, 1.82) is 0 Å². The molecule has 172 valence electrons. The number of fused-ring (bicyclic) bond motifs is 1. The van der Waals surface area contributed by atoms with Crippen LogP contribution in [0, 0.1) is 13.8 Å². The molecule has 5 nitrogen and oxygen atoms in total. The first-order chi connectivity index (χ1) is 15.8. The third kappa shape index (κ3) is 4.86. The average Bonchev–Trinajstić information content (AvgIpc) is 2.78. The molecular formula is C26H26Cl2N2O3. The summed E-state index contributed by atoms with van der Waals surface area (Å²) in [7, 11) is 0. The molecule has 2 heterocycles. The summed E-state index contributed by atoms with van der Waals surface area (Å²) in [6, 6.07) is 13.5. The Labute approximate surface area is 203 Å². The molecule has 2 aromatic carbocycles. The Balaban J connectivity index is 1.64. The van der Waals surface area contributed by atoms with Gasteiger partial charge in [-0.25, -0.2) is 4.98 Å². The number of aliphatic hydroxyl groups is 1. The Hall–Kier alpha value is -2.60. The van der Waals surface area contributed by atoms with Crippen molar-refractivity contribution in [3.05, 3.63) is 91.6 Å². The topological polar surface area (TPSA) is 62.7 Å². The molecule has 7 heteroatoms. The van der Waals surface area contributed by atoms with Gasteiger partial charge in [-0.15, -0.1) is 0 Å². The molecule has 1 N–H and O–H groups in total. The second-order valence-electron chi connectivity index (χ2n) is 8.41. The van der Waals surface area contributed by atoms with Crippen LogP contribution in [0.4, 0.5) is 0 Å². The summed E-state index contributed by atoms with van der Waals surface area (Å²) in [5.41, 5.74) is 5.32. The van der Waals surface area contributed by atoms with Crippen molar-refractivity contribution in [2.24, 2.45) is 0 Å². The van der Waals surface area contributed by atoms with E-state index >= 15 is 0 Å². The van der Waals surface area contributed by atoms with Gasteiger partial charge in [0.05, 0.1) is 23.2 Å². The van der Waals surface area contributed by atoms with E-state index in [2.05, 4.69) is 4.98 Å². The molecule has 1 aliphatic rings. The highest BCUT2D eigenvalue weighted by Gasteiger charge is 2.31. The van der Waals surface area contributed by atoms with Crippen LogP contribution < -0.4 is 4.74 Å². The first-order valence-corrected chi connectivity index (χ1v) is 11.6. The summed E-state index contributed by atoms with van der Waals surface area (Å²) in [5.74, 6) is 0.316. The van der Waals surface area contributed by atoms with Gasteiger partial charge in [0.15, 0.2) is 0 Å². The van der Waals surface area contributed by atoms with Crippen LogP contribution in [0.3, 0.4) is 0 Å². The van der Waals surface area contributed by atoms with Crippen molar-refractivity contribution in [3.8, 4) is 5.88 Å². The van der Waals surface area contributed by atoms with E-state index in [0.29, 0.717) is 48.1 Å². The zero-order chi connectivity index (χ0) is 23.7. The van der Waals surface area contributed by atoms with Crippen LogP contribution in [-0.4, -0.2) is 27.4 Å². The SMILES string of the molecule is Cc1cc(C)c(CN2CCc3c(Cl)cc(C(C)O)c(Cl)c3C2=O)c(OCc2ccccc2)n1. The highest BCUT2D eigenvalue weighted by atomic mass is 35.5. The van der Waals surface area contributed by atoms with Crippen molar-refractivity contribution >= 4 is 29.1 Å². The van der Waals surface area contributed by atoms with Crippen LogP contribution in [0.15, 0.2) is 42.5 Å². The molecular weight excluding hydrogens is 459 g/mol. The largest absolute Gasteiger partial charge is 0.473 e. The van der Waals surface area contributed by atoms with Gasteiger partial charge in [-0.3, -0.25) is 4.79 Å². The van der Waals surface area contributed by atoms with Gasteiger partial charge < -0.3 is 14.7 Å². The Morgan fingerprint density at radius 3 is 2.61 bits per heavy atom. The van der Waals surface area contributed by atoms with Gasteiger partial charge in [-0.1, -0.05) is 53.5 Å². The molecule has 0 bridgehead atoms. The zero-order valence-electron chi connectivity index (χ0n) is 18.9. The van der Waals surface area contributed by atoms with E-state index in [0.717, 1.165) is 27.9 Å². The molecule has 4 rings (SSSR count). The van der Waals surface area contributed by atoms with E-state index in [1.165, 1.54) is 0 Å². The predicted molar refractivity (Wildman–Crippen MR) is 130 cm³/mol.